The zero-order valence-corrected chi connectivity index (χ0v) is 11.9. The number of fused-ring (bicyclic) bond motifs is 2. The molecule has 0 unspecified atom stereocenters. The third kappa shape index (κ3) is 1.96. The fraction of sp³-hybridized carbons (Fsp3) is 0. The highest BCUT2D eigenvalue weighted by atomic mass is 35.5. The number of benzene rings is 1. The van der Waals surface area contributed by atoms with Crippen LogP contribution < -0.4 is 5.32 Å². The van der Waals surface area contributed by atoms with Crippen LogP contribution in [-0.4, -0.2) is 19.9 Å². The molecular formula is C15H9ClN6. The minimum absolute atomic E-state index is 0.426. The van der Waals surface area contributed by atoms with Crippen molar-refractivity contribution in [1.82, 2.24) is 19.9 Å². The number of pyridine rings is 1. The molecule has 6 nitrogen and oxygen atoms in total. The van der Waals surface area contributed by atoms with Crippen molar-refractivity contribution in [2.24, 2.45) is 0 Å². The highest BCUT2D eigenvalue weighted by Crippen LogP contribution is 2.29. The van der Waals surface area contributed by atoms with Crippen molar-refractivity contribution in [3.05, 3.63) is 53.1 Å². The molecule has 3 N–H and O–H groups in total. The van der Waals surface area contributed by atoms with Crippen LogP contribution in [0.15, 0.2) is 36.5 Å². The number of hydrogen-bond acceptors (Lipinski definition) is 3. The molecule has 0 saturated carbocycles. The topological polar surface area (TPSA) is 73.8 Å². The van der Waals surface area contributed by atoms with Gasteiger partial charge in [-0.25, -0.2) is 14.8 Å². The second-order valence-electron chi connectivity index (χ2n) is 4.73. The van der Waals surface area contributed by atoms with E-state index in [4.69, 9.17) is 18.2 Å². The van der Waals surface area contributed by atoms with Gasteiger partial charge in [0.05, 0.1) is 28.8 Å². The molecule has 4 aromatic rings. The standard InChI is InChI=1S/C15H9ClN6/c1-17-8-3-2-4-10-13(8)22-15(19-10)20-11-7-18-9-5-6-12(16)21-14(9)11/h2-7,18H,(H2,19,20,22). The van der Waals surface area contributed by atoms with Crippen LogP contribution in [0.5, 0.6) is 0 Å². The van der Waals surface area contributed by atoms with Crippen molar-refractivity contribution in [3.63, 3.8) is 0 Å². The summed E-state index contributed by atoms with van der Waals surface area (Å²) in [6, 6.07) is 9.04. The SMILES string of the molecule is [C-]#[N+]c1cccc2[nH]c(Nc3c[nH]c4ccc(Cl)nc34)nc12. The Kier molecular flexibility index (Phi) is 2.74. The highest BCUT2D eigenvalue weighted by molar-refractivity contribution is 6.29. The van der Waals surface area contributed by atoms with Crippen LogP contribution in [0.25, 0.3) is 26.9 Å². The van der Waals surface area contributed by atoms with Crippen LogP contribution in [0.4, 0.5) is 17.3 Å². The van der Waals surface area contributed by atoms with Crippen LogP contribution >= 0.6 is 11.6 Å². The summed E-state index contributed by atoms with van der Waals surface area (Å²) in [4.78, 5) is 18.5. The lowest BCUT2D eigenvalue weighted by Crippen LogP contribution is -1.91. The van der Waals surface area contributed by atoms with Gasteiger partial charge in [0.25, 0.3) is 0 Å². The molecule has 4 rings (SSSR count). The number of aromatic amines is 2. The van der Waals surface area contributed by atoms with Gasteiger partial charge in [-0.1, -0.05) is 23.7 Å². The molecule has 1 aromatic carbocycles. The fourth-order valence-corrected chi connectivity index (χ4v) is 2.51. The largest absolute Gasteiger partial charge is 0.358 e. The van der Waals surface area contributed by atoms with Gasteiger partial charge in [0.1, 0.15) is 10.7 Å². The molecule has 0 amide bonds. The highest BCUT2D eigenvalue weighted by Gasteiger charge is 2.10. The van der Waals surface area contributed by atoms with Gasteiger partial charge in [0.15, 0.2) is 0 Å². The fourth-order valence-electron chi connectivity index (χ4n) is 2.36. The summed E-state index contributed by atoms with van der Waals surface area (Å²) < 4.78 is 0. The number of H-pyrrole nitrogens is 2. The Morgan fingerprint density at radius 3 is 2.86 bits per heavy atom. The van der Waals surface area contributed by atoms with Crippen LogP contribution in [-0.2, 0) is 0 Å². The number of rotatable bonds is 2. The number of halogens is 1. The Balaban J connectivity index is 1.79. The van der Waals surface area contributed by atoms with E-state index in [1.165, 1.54) is 0 Å². The van der Waals surface area contributed by atoms with Crippen molar-refractivity contribution in [3.8, 4) is 0 Å². The average molecular weight is 309 g/mol. The van der Waals surface area contributed by atoms with Gasteiger partial charge in [-0.2, -0.15) is 0 Å². The Morgan fingerprint density at radius 1 is 1.09 bits per heavy atom. The van der Waals surface area contributed by atoms with Crippen molar-refractivity contribution < 1.29 is 0 Å². The van der Waals surface area contributed by atoms with E-state index in [2.05, 4.69) is 30.1 Å². The van der Waals surface area contributed by atoms with Crippen molar-refractivity contribution in [2.45, 2.75) is 0 Å². The lowest BCUT2D eigenvalue weighted by atomic mass is 10.3. The summed E-state index contributed by atoms with van der Waals surface area (Å²) in [5.41, 5.74) is 4.35. The second kappa shape index (κ2) is 4.76. The molecule has 0 spiro atoms. The van der Waals surface area contributed by atoms with Crippen molar-refractivity contribution in [2.75, 3.05) is 5.32 Å². The van der Waals surface area contributed by atoms with Crippen LogP contribution in [0.3, 0.4) is 0 Å². The van der Waals surface area contributed by atoms with Crippen molar-refractivity contribution in [1.29, 1.82) is 0 Å². The molecule has 0 aliphatic carbocycles. The molecule has 3 aromatic heterocycles. The lowest BCUT2D eigenvalue weighted by Gasteiger charge is -1.99. The normalized spacial score (nSPS) is 10.9. The Labute approximate surface area is 130 Å². The number of aromatic nitrogens is 4. The van der Waals surface area contributed by atoms with Gasteiger partial charge < -0.3 is 15.3 Å². The lowest BCUT2D eigenvalue weighted by molar-refractivity contribution is 1.31. The summed E-state index contributed by atoms with van der Waals surface area (Å²) in [6.45, 7) is 7.18. The predicted molar refractivity (Wildman–Crippen MR) is 86.7 cm³/mol. The zero-order chi connectivity index (χ0) is 15.1. The first-order valence-corrected chi connectivity index (χ1v) is 6.89. The smallest absolute Gasteiger partial charge is 0.214 e. The molecule has 0 fully saturated rings. The van der Waals surface area contributed by atoms with Gasteiger partial charge >= 0.3 is 0 Å². The van der Waals surface area contributed by atoms with E-state index >= 15 is 0 Å². The molecular weight excluding hydrogens is 300 g/mol. The molecule has 7 heteroatoms. The summed E-state index contributed by atoms with van der Waals surface area (Å²) in [5, 5.41) is 3.60. The van der Waals surface area contributed by atoms with Gasteiger partial charge in [0, 0.05) is 6.20 Å². The van der Waals surface area contributed by atoms with Gasteiger partial charge in [-0.15, -0.1) is 0 Å². The van der Waals surface area contributed by atoms with E-state index < -0.39 is 0 Å². The molecule has 0 radical (unpaired) electrons. The maximum atomic E-state index is 7.18. The minimum atomic E-state index is 0.426. The molecule has 0 atom stereocenters. The Hall–Kier alpha value is -3.04. The first-order chi connectivity index (χ1) is 10.7. The second-order valence-corrected chi connectivity index (χ2v) is 5.12. The van der Waals surface area contributed by atoms with Crippen LogP contribution in [0.1, 0.15) is 0 Å². The molecule has 0 aliphatic rings. The molecule has 106 valence electrons. The summed E-state index contributed by atoms with van der Waals surface area (Å²) in [5.74, 6) is 0.550. The Morgan fingerprint density at radius 2 is 2.00 bits per heavy atom. The first-order valence-electron chi connectivity index (χ1n) is 6.51. The molecule has 0 saturated heterocycles. The van der Waals surface area contributed by atoms with Gasteiger partial charge in [-0.05, 0) is 18.2 Å². The quantitative estimate of drug-likeness (QED) is 0.380. The number of para-hydroxylation sites is 1. The average Bonchev–Trinajstić information content (AvgIpc) is 3.11. The number of nitrogens with one attached hydrogen (secondary N) is 3. The van der Waals surface area contributed by atoms with Gasteiger partial charge in [0.2, 0.25) is 11.6 Å². The zero-order valence-electron chi connectivity index (χ0n) is 11.2. The third-order valence-electron chi connectivity index (χ3n) is 3.35. The van der Waals surface area contributed by atoms with E-state index in [1.807, 2.05) is 18.2 Å². The maximum absolute atomic E-state index is 7.18. The van der Waals surface area contributed by atoms with E-state index in [9.17, 15) is 0 Å². The summed E-state index contributed by atoms with van der Waals surface area (Å²) in [6.07, 6.45) is 1.80. The minimum Gasteiger partial charge on any atom is -0.358 e. The van der Waals surface area contributed by atoms with E-state index in [0.717, 1.165) is 22.2 Å². The summed E-state index contributed by atoms with van der Waals surface area (Å²) >= 11 is 5.94. The van der Waals surface area contributed by atoms with E-state index in [1.54, 1.807) is 18.3 Å². The molecule has 0 aliphatic heterocycles. The summed E-state index contributed by atoms with van der Waals surface area (Å²) in [7, 11) is 0. The predicted octanol–water partition coefficient (Wildman–Crippen LogP) is 4.39. The number of imidazole rings is 1. The van der Waals surface area contributed by atoms with Gasteiger partial charge in [-0.3, -0.25) is 0 Å². The molecule has 3 heterocycles. The monoisotopic (exact) mass is 308 g/mol. The Bertz CT molecular complexity index is 1040. The number of nitrogens with zero attached hydrogens (tertiary/aromatic N) is 3. The van der Waals surface area contributed by atoms with E-state index in [0.29, 0.717) is 22.3 Å². The number of anilines is 2. The maximum Gasteiger partial charge on any atom is 0.214 e. The molecule has 22 heavy (non-hydrogen) atoms. The third-order valence-corrected chi connectivity index (χ3v) is 3.56. The number of hydrogen-bond donors (Lipinski definition) is 3. The van der Waals surface area contributed by atoms with Crippen molar-refractivity contribution >= 4 is 51.0 Å². The first kappa shape index (κ1) is 12.7. The van der Waals surface area contributed by atoms with Crippen LogP contribution in [0, 0.1) is 6.57 Å². The van der Waals surface area contributed by atoms with Crippen LogP contribution in [0.2, 0.25) is 5.15 Å². The van der Waals surface area contributed by atoms with E-state index in [-0.39, 0.29) is 0 Å². The molecule has 0 bridgehead atoms.